The molecule has 2 N–H and O–H groups in total. The van der Waals surface area contributed by atoms with Crippen LogP contribution < -0.4 is 19.3 Å². The number of piperidine rings is 2. The molecule has 0 spiro atoms. The summed E-state index contributed by atoms with van der Waals surface area (Å²) in [5.41, 5.74) is 7.21. The third-order valence-electron chi connectivity index (χ3n) is 15.4. The van der Waals surface area contributed by atoms with Gasteiger partial charge in [-0.2, -0.15) is 30.1 Å². The van der Waals surface area contributed by atoms with E-state index in [-0.39, 0.29) is 38.2 Å². The lowest BCUT2D eigenvalue weighted by Gasteiger charge is -2.41. The van der Waals surface area contributed by atoms with Gasteiger partial charge in [-0.1, -0.05) is 0 Å². The highest BCUT2D eigenvalue weighted by atomic mass is 19.1. The van der Waals surface area contributed by atoms with E-state index in [1.54, 1.807) is 31.3 Å². The Labute approximate surface area is 405 Å². The number of aliphatic hydroxyl groups excluding tert-OH is 2. The molecule has 6 saturated heterocycles. The summed E-state index contributed by atoms with van der Waals surface area (Å²) in [5.74, 6) is 3.12. The number of rotatable bonds is 10. The molecule has 0 aliphatic carbocycles. The van der Waals surface area contributed by atoms with Crippen molar-refractivity contribution in [3.8, 4) is 23.7 Å². The van der Waals surface area contributed by atoms with Gasteiger partial charge >= 0.3 is 12.0 Å². The van der Waals surface area contributed by atoms with Gasteiger partial charge in [0.15, 0.2) is 11.6 Å². The van der Waals surface area contributed by atoms with Crippen molar-refractivity contribution in [3.05, 3.63) is 71.0 Å². The summed E-state index contributed by atoms with van der Waals surface area (Å²) < 4.78 is 53.0. The number of methoxy groups -OCH3 is 2. The van der Waals surface area contributed by atoms with Gasteiger partial charge in [0.1, 0.15) is 36.2 Å². The normalized spacial score (nSPS) is 24.3. The van der Waals surface area contributed by atoms with Gasteiger partial charge in [0.25, 0.3) is 0 Å². The van der Waals surface area contributed by atoms with Crippen LogP contribution in [0, 0.1) is 13.8 Å². The fourth-order valence-electron chi connectivity index (χ4n) is 11.1. The summed E-state index contributed by atoms with van der Waals surface area (Å²) in [7, 11) is 3.01. The number of aromatic nitrogens is 8. The second kappa shape index (κ2) is 19.5. The van der Waals surface area contributed by atoms with Gasteiger partial charge < -0.3 is 39.0 Å². The van der Waals surface area contributed by atoms with E-state index < -0.39 is 24.6 Å². The number of benzene rings is 2. The van der Waals surface area contributed by atoms with Crippen molar-refractivity contribution in [1.82, 2.24) is 49.3 Å². The molecule has 0 saturated carbocycles. The summed E-state index contributed by atoms with van der Waals surface area (Å²) in [6.07, 6.45) is 3.53. The Balaban J connectivity index is 0.000000152. The van der Waals surface area contributed by atoms with Gasteiger partial charge in [0, 0.05) is 36.0 Å². The average Bonchev–Trinajstić information content (AvgIpc) is 4.12. The molecule has 0 radical (unpaired) electrons. The highest BCUT2D eigenvalue weighted by Gasteiger charge is 2.36. The molecule has 12 rings (SSSR count). The van der Waals surface area contributed by atoms with Crippen LogP contribution in [0.4, 0.5) is 20.4 Å². The Morgan fingerprint density at radius 1 is 0.543 bits per heavy atom. The number of fused-ring (bicyclic) bond motifs is 2. The predicted octanol–water partition coefficient (Wildman–Crippen LogP) is 4.46. The fraction of sp³-hybridized carbons (Fsp3) is 0.560. The lowest BCUT2D eigenvalue weighted by Crippen LogP contribution is -2.51. The first-order valence-corrected chi connectivity index (χ1v) is 24.6. The van der Waals surface area contributed by atoms with Crippen LogP contribution in [0.1, 0.15) is 59.8 Å². The zero-order valence-corrected chi connectivity index (χ0v) is 40.2. The SMILES string of the molecule is COc1nc(N2CC(O)C(F)C2)cc(-n2ncc3cc(C)c(C4CCN(C5COC5)CC4)cc32)n1.COc1nc(N2CC(O)C(F)C2)cc(-n2ncc3cc(C)c(C4CCN(C5COC5)CC4)cc32)n1. The van der Waals surface area contributed by atoms with E-state index in [0.29, 0.717) is 47.2 Å². The number of halogens is 2. The van der Waals surface area contributed by atoms with Crippen molar-refractivity contribution in [3.63, 3.8) is 0 Å². The summed E-state index contributed by atoms with van der Waals surface area (Å²) in [6.45, 7) is 12.7. The number of likely N-dealkylation sites (tertiary alicyclic amines) is 2. The molecular weight excluding hydrogens is 903 g/mol. The third-order valence-corrected chi connectivity index (χ3v) is 15.4. The Kier molecular flexibility index (Phi) is 13.0. The lowest BCUT2D eigenvalue weighted by atomic mass is 9.85. The Bertz CT molecular complexity index is 2620. The molecule has 0 amide bonds. The minimum atomic E-state index is -1.31. The maximum Gasteiger partial charge on any atom is 0.320 e. The van der Waals surface area contributed by atoms with Crippen molar-refractivity contribution in [1.29, 1.82) is 0 Å². The van der Waals surface area contributed by atoms with Crippen LogP contribution in [-0.2, 0) is 9.47 Å². The standard InChI is InChI=1S/2C25H31FN6O3/c2*1-15-7-17-10-27-32(21(17)8-19(15)16-3-5-30(6-4-16)18-13-35-14-18)24-9-23(28-25(29-24)34-2)31-11-20(26)22(33)12-31/h2*7-10,16,18,20,22,33H,3-6,11-14H2,1-2H3. The van der Waals surface area contributed by atoms with Gasteiger partial charge in [-0.3, -0.25) is 9.80 Å². The van der Waals surface area contributed by atoms with E-state index in [1.807, 2.05) is 12.4 Å². The van der Waals surface area contributed by atoms with E-state index >= 15 is 0 Å². The average molecular weight is 965 g/mol. The van der Waals surface area contributed by atoms with Crippen LogP contribution >= 0.6 is 0 Å². The number of aryl methyl sites for hydroxylation is 2. The lowest BCUT2D eigenvalue weighted by molar-refractivity contribution is -0.0712. The van der Waals surface area contributed by atoms with Crippen LogP contribution in [0.2, 0.25) is 0 Å². The number of hydrogen-bond acceptors (Lipinski definition) is 16. The molecule has 6 aliphatic rings. The first kappa shape index (κ1) is 46.7. The molecule has 4 atom stereocenters. The Morgan fingerprint density at radius 3 is 1.26 bits per heavy atom. The molecule has 70 heavy (non-hydrogen) atoms. The van der Waals surface area contributed by atoms with Gasteiger partial charge in [-0.25, -0.2) is 18.1 Å². The quantitative estimate of drug-likeness (QED) is 0.197. The highest BCUT2D eigenvalue weighted by molar-refractivity contribution is 5.83. The molecule has 20 heteroatoms. The summed E-state index contributed by atoms with van der Waals surface area (Å²) in [4.78, 5) is 26.4. The van der Waals surface area contributed by atoms with E-state index in [0.717, 1.165) is 100 Å². The number of aliphatic hydroxyl groups is 2. The Hall–Kier alpha value is -5.64. The molecule has 6 fully saturated rings. The minimum Gasteiger partial charge on any atom is -0.467 e. The number of ether oxygens (including phenoxy) is 4. The summed E-state index contributed by atoms with van der Waals surface area (Å²) in [5, 5.41) is 31.1. The molecular formula is C50H62F2N12O6. The van der Waals surface area contributed by atoms with Crippen molar-refractivity contribution in [2.24, 2.45) is 0 Å². The number of anilines is 2. The largest absolute Gasteiger partial charge is 0.467 e. The fourth-order valence-corrected chi connectivity index (χ4v) is 11.1. The van der Waals surface area contributed by atoms with Gasteiger partial charge in [-0.15, -0.1) is 0 Å². The monoisotopic (exact) mass is 964 g/mol. The summed E-state index contributed by atoms with van der Waals surface area (Å²) >= 11 is 0. The summed E-state index contributed by atoms with van der Waals surface area (Å²) in [6, 6.07) is 14.0. The second-order valence-corrected chi connectivity index (χ2v) is 19.8. The van der Waals surface area contributed by atoms with Gasteiger partial charge in [0.05, 0.1) is 89.2 Å². The number of alkyl halides is 2. The van der Waals surface area contributed by atoms with Crippen LogP contribution in [0.5, 0.6) is 12.0 Å². The third kappa shape index (κ3) is 9.13. The van der Waals surface area contributed by atoms with Crippen molar-refractivity contribution in [2.45, 2.75) is 88.0 Å². The minimum absolute atomic E-state index is 0.0790. The second-order valence-electron chi connectivity index (χ2n) is 19.8. The Morgan fingerprint density at radius 2 is 0.929 bits per heavy atom. The van der Waals surface area contributed by atoms with Crippen molar-refractivity contribution >= 4 is 33.4 Å². The maximum atomic E-state index is 14.0. The van der Waals surface area contributed by atoms with Gasteiger partial charge in [-0.05, 0) is 124 Å². The molecule has 2 aromatic carbocycles. The molecule has 4 unspecified atom stereocenters. The highest BCUT2D eigenvalue weighted by Crippen LogP contribution is 2.37. The number of β-amino-alcohol motifs (C(OH)–C–C–N with tert-alkyl or cyclic N) is 2. The van der Waals surface area contributed by atoms with Crippen LogP contribution in [0.3, 0.4) is 0 Å². The molecule has 0 bridgehead atoms. The molecule has 372 valence electrons. The zero-order valence-electron chi connectivity index (χ0n) is 40.2. The smallest absolute Gasteiger partial charge is 0.320 e. The van der Waals surface area contributed by atoms with E-state index in [1.165, 1.54) is 36.5 Å². The molecule has 6 aromatic rings. The van der Waals surface area contributed by atoms with Crippen LogP contribution in [-0.4, -0.2) is 189 Å². The molecule has 4 aromatic heterocycles. The van der Waals surface area contributed by atoms with Crippen molar-refractivity contribution < 1.29 is 37.9 Å². The van der Waals surface area contributed by atoms with E-state index in [2.05, 4.69) is 78.0 Å². The topological polar surface area (TPSA) is 178 Å². The van der Waals surface area contributed by atoms with Crippen LogP contribution in [0.25, 0.3) is 33.4 Å². The first-order valence-electron chi connectivity index (χ1n) is 24.6. The number of nitrogens with zero attached hydrogens (tertiary/aromatic N) is 12. The molecule has 6 aliphatic heterocycles. The zero-order chi connectivity index (χ0) is 48.2. The van der Waals surface area contributed by atoms with E-state index in [9.17, 15) is 19.0 Å². The first-order chi connectivity index (χ1) is 34.0. The number of hydrogen-bond donors (Lipinski definition) is 2. The predicted molar refractivity (Wildman–Crippen MR) is 258 cm³/mol. The molecule has 10 heterocycles. The maximum absolute atomic E-state index is 14.0. The molecule has 18 nitrogen and oxygen atoms in total. The van der Waals surface area contributed by atoms with E-state index in [4.69, 9.17) is 18.9 Å². The van der Waals surface area contributed by atoms with Gasteiger partial charge in [0.2, 0.25) is 0 Å². The van der Waals surface area contributed by atoms with Crippen molar-refractivity contribution in [2.75, 3.05) is 103 Å². The van der Waals surface area contributed by atoms with Crippen LogP contribution in [0.15, 0.2) is 48.8 Å².